The third-order valence-electron chi connectivity index (χ3n) is 2.35. The molecule has 0 saturated heterocycles. The van der Waals surface area contributed by atoms with E-state index in [2.05, 4.69) is 10.1 Å². The first-order chi connectivity index (χ1) is 8.85. The number of hydrogen-bond donors (Lipinski definition) is 2. The van der Waals surface area contributed by atoms with E-state index in [1.54, 1.807) is 12.3 Å². The van der Waals surface area contributed by atoms with Crippen LogP contribution in [0.3, 0.4) is 0 Å². The van der Waals surface area contributed by atoms with E-state index < -0.39 is 0 Å². The third-order valence-corrected chi connectivity index (χ3v) is 2.35. The highest BCUT2D eigenvalue weighted by molar-refractivity contribution is 6.00. The normalized spacial score (nSPS) is 12.5. The SMILES string of the molecule is Cc1ccnc(OCCOC(C)(C)C)c1/C(N)=N/O. The Morgan fingerprint density at radius 2 is 2.11 bits per heavy atom. The lowest BCUT2D eigenvalue weighted by Gasteiger charge is -2.19. The van der Waals surface area contributed by atoms with Gasteiger partial charge in [0.05, 0.1) is 17.8 Å². The quantitative estimate of drug-likeness (QED) is 0.278. The van der Waals surface area contributed by atoms with Gasteiger partial charge < -0.3 is 20.4 Å². The maximum atomic E-state index is 8.77. The van der Waals surface area contributed by atoms with E-state index in [1.165, 1.54) is 0 Å². The fraction of sp³-hybridized carbons (Fsp3) is 0.538. The van der Waals surface area contributed by atoms with Gasteiger partial charge in [0.1, 0.15) is 6.61 Å². The molecule has 0 spiro atoms. The van der Waals surface area contributed by atoms with Crippen LogP contribution in [0.4, 0.5) is 0 Å². The van der Waals surface area contributed by atoms with E-state index in [1.807, 2.05) is 27.7 Å². The average Bonchev–Trinajstić information content (AvgIpc) is 2.33. The summed E-state index contributed by atoms with van der Waals surface area (Å²) in [4.78, 5) is 4.09. The van der Waals surface area contributed by atoms with Gasteiger partial charge in [-0.1, -0.05) is 5.16 Å². The summed E-state index contributed by atoms with van der Waals surface area (Å²) in [5.74, 6) is 0.324. The molecule has 6 nitrogen and oxygen atoms in total. The molecule has 19 heavy (non-hydrogen) atoms. The van der Waals surface area contributed by atoms with Crippen molar-refractivity contribution in [2.24, 2.45) is 10.9 Å². The van der Waals surface area contributed by atoms with Crippen molar-refractivity contribution in [3.8, 4) is 5.88 Å². The van der Waals surface area contributed by atoms with Gasteiger partial charge in [0.25, 0.3) is 0 Å². The predicted molar refractivity (Wildman–Crippen MR) is 72.7 cm³/mol. The second-order valence-electron chi connectivity index (χ2n) is 5.10. The molecule has 0 radical (unpaired) electrons. The van der Waals surface area contributed by atoms with Gasteiger partial charge in [-0.15, -0.1) is 0 Å². The maximum absolute atomic E-state index is 8.77. The van der Waals surface area contributed by atoms with Crippen LogP contribution in [0.5, 0.6) is 5.88 Å². The molecule has 6 heteroatoms. The fourth-order valence-corrected chi connectivity index (χ4v) is 1.49. The molecule has 1 aromatic heterocycles. The van der Waals surface area contributed by atoms with E-state index in [0.717, 1.165) is 5.56 Å². The van der Waals surface area contributed by atoms with Gasteiger partial charge in [-0.25, -0.2) is 4.98 Å². The number of ether oxygens (including phenoxy) is 2. The summed E-state index contributed by atoms with van der Waals surface area (Å²) in [6.07, 6.45) is 1.61. The molecule has 1 heterocycles. The van der Waals surface area contributed by atoms with Crippen LogP contribution in [0.15, 0.2) is 17.4 Å². The lowest BCUT2D eigenvalue weighted by atomic mass is 10.1. The lowest BCUT2D eigenvalue weighted by Crippen LogP contribution is -2.23. The summed E-state index contributed by atoms with van der Waals surface area (Å²) in [6, 6.07) is 1.77. The zero-order valence-electron chi connectivity index (χ0n) is 11.8. The van der Waals surface area contributed by atoms with Crippen molar-refractivity contribution in [2.75, 3.05) is 13.2 Å². The van der Waals surface area contributed by atoms with Crippen LogP contribution in [0, 0.1) is 6.92 Å². The van der Waals surface area contributed by atoms with Crippen molar-refractivity contribution >= 4 is 5.84 Å². The Morgan fingerprint density at radius 1 is 1.42 bits per heavy atom. The molecule has 0 atom stereocenters. The van der Waals surface area contributed by atoms with Gasteiger partial charge in [-0.2, -0.15) is 0 Å². The highest BCUT2D eigenvalue weighted by Gasteiger charge is 2.14. The summed E-state index contributed by atoms with van der Waals surface area (Å²) < 4.78 is 11.1. The molecule has 0 fully saturated rings. The number of amidine groups is 1. The molecule has 1 aromatic rings. The zero-order chi connectivity index (χ0) is 14.5. The summed E-state index contributed by atoms with van der Waals surface area (Å²) in [7, 11) is 0. The van der Waals surface area contributed by atoms with Gasteiger partial charge in [-0.3, -0.25) is 0 Å². The molecule has 0 aliphatic heterocycles. The summed E-state index contributed by atoms with van der Waals surface area (Å²) in [6.45, 7) is 8.54. The average molecular weight is 267 g/mol. The number of pyridine rings is 1. The Bertz CT molecular complexity index is 453. The number of rotatable bonds is 5. The van der Waals surface area contributed by atoms with E-state index >= 15 is 0 Å². The molecule has 0 bridgehead atoms. The maximum Gasteiger partial charge on any atom is 0.224 e. The number of aromatic nitrogens is 1. The van der Waals surface area contributed by atoms with Gasteiger partial charge in [0.15, 0.2) is 5.84 Å². The lowest BCUT2D eigenvalue weighted by molar-refractivity contribution is -0.0168. The van der Waals surface area contributed by atoms with E-state index in [-0.39, 0.29) is 11.4 Å². The van der Waals surface area contributed by atoms with Crippen LogP contribution in [-0.2, 0) is 4.74 Å². The highest BCUT2D eigenvalue weighted by atomic mass is 16.5. The molecular formula is C13H21N3O3. The molecule has 0 amide bonds. The van der Waals surface area contributed by atoms with Crippen LogP contribution in [-0.4, -0.2) is 34.8 Å². The first kappa shape index (κ1) is 15.2. The minimum atomic E-state index is -0.211. The van der Waals surface area contributed by atoms with E-state index in [4.69, 9.17) is 20.4 Å². The van der Waals surface area contributed by atoms with Crippen LogP contribution in [0.2, 0.25) is 0 Å². The Labute approximate surface area is 113 Å². The Hall–Kier alpha value is -1.82. The van der Waals surface area contributed by atoms with Crippen molar-refractivity contribution in [1.82, 2.24) is 4.98 Å². The van der Waals surface area contributed by atoms with Crippen molar-refractivity contribution < 1.29 is 14.7 Å². The summed E-state index contributed by atoms with van der Waals surface area (Å²) in [5.41, 5.74) is 6.74. The van der Waals surface area contributed by atoms with Gasteiger partial charge >= 0.3 is 0 Å². The Kier molecular flexibility index (Phi) is 5.11. The topological polar surface area (TPSA) is 90.0 Å². The van der Waals surface area contributed by atoms with Gasteiger partial charge in [0, 0.05) is 6.20 Å². The molecule has 0 aliphatic carbocycles. The fourth-order valence-electron chi connectivity index (χ4n) is 1.49. The molecule has 106 valence electrons. The molecule has 0 aliphatic rings. The van der Waals surface area contributed by atoms with Gasteiger partial charge in [-0.05, 0) is 39.3 Å². The first-order valence-electron chi connectivity index (χ1n) is 6.05. The van der Waals surface area contributed by atoms with Gasteiger partial charge in [0.2, 0.25) is 5.88 Å². The Balaban J connectivity index is 2.71. The highest BCUT2D eigenvalue weighted by Crippen LogP contribution is 2.18. The molecule has 1 rings (SSSR count). The van der Waals surface area contributed by atoms with E-state index in [0.29, 0.717) is 24.7 Å². The molecule has 0 unspecified atom stereocenters. The molecular weight excluding hydrogens is 246 g/mol. The standard InChI is InChI=1S/C13H21N3O3/c1-9-5-6-15-12(10(9)11(14)16-17)18-7-8-19-13(2,3)4/h5-6,17H,7-8H2,1-4H3,(H2,14,16). The zero-order valence-corrected chi connectivity index (χ0v) is 11.8. The van der Waals surface area contributed by atoms with Crippen molar-refractivity contribution in [2.45, 2.75) is 33.3 Å². The van der Waals surface area contributed by atoms with Crippen LogP contribution < -0.4 is 10.5 Å². The van der Waals surface area contributed by atoms with Crippen molar-refractivity contribution in [1.29, 1.82) is 0 Å². The summed E-state index contributed by atoms with van der Waals surface area (Å²) in [5, 5.41) is 11.8. The van der Waals surface area contributed by atoms with Crippen molar-refractivity contribution in [3.63, 3.8) is 0 Å². The van der Waals surface area contributed by atoms with E-state index in [9.17, 15) is 0 Å². The first-order valence-corrected chi connectivity index (χ1v) is 6.05. The largest absolute Gasteiger partial charge is 0.475 e. The molecule has 0 saturated carbocycles. The molecule has 3 N–H and O–H groups in total. The second kappa shape index (κ2) is 6.38. The summed E-state index contributed by atoms with van der Waals surface area (Å²) >= 11 is 0. The molecule has 0 aromatic carbocycles. The Morgan fingerprint density at radius 3 is 2.68 bits per heavy atom. The minimum absolute atomic E-state index is 0.0164. The van der Waals surface area contributed by atoms with Crippen LogP contribution in [0.1, 0.15) is 31.9 Å². The van der Waals surface area contributed by atoms with Crippen LogP contribution >= 0.6 is 0 Å². The number of nitrogens with two attached hydrogens (primary N) is 1. The van der Waals surface area contributed by atoms with Crippen molar-refractivity contribution in [3.05, 3.63) is 23.4 Å². The number of aryl methyl sites for hydroxylation is 1. The number of oxime groups is 1. The third kappa shape index (κ3) is 4.75. The smallest absolute Gasteiger partial charge is 0.224 e. The monoisotopic (exact) mass is 267 g/mol. The minimum Gasteiger partial charge on any atom is -0.475 e. The predicted octanol–water partition coefficient (Wildman–Crippen LogP) is 1.68. The number of hydrogen-bond acceptors (Lipinski definition) is 5. The van der Waals surface area contributed by atoms with Crippen LogP contribution in [0.25, 0.3) is 0 Å². The number of nitrogens with zero attached hydrogens (tertiary/aromatic N) is 2. The second-order valence-corrected chi connectivity index (χ2v) is 5.10.